The summed E-state index contributed by atoms with van der Waals surface area (Å²) < 4.78 is 0. The fraction of sp³-hybridized carbons (Fsp3) is 0.417. The molecule has 2 atom stereocenters. The quantitative estimate of drug-likeness (QED) is 0.753. The second kappa shape index (κ2) is 5.49. The summed E-state index contributed by atoms with van der Waals surface area (Å²) in [5.41, 5.74) is -0.828. The first-order valence-electron chi connectivity index (χ1n) is 5.27. The average Bonchev–Trinajstić information content (AvgIpc) is 2.25. The van der Waals surface area contributed by atoms with Crippen molar-refractivity contribution in [2.24, 2.45) is 0 Å². The van der Waals surface area contributed by atoms with Crippen molar-refractivity contribution in [3.05, 3.63) is 34.9 Å². The number of carboxylic acids is 1. The van der Waals surface area contributed by atoms with Gasteiger partial charge >= 0.3 is 5.97 Å². The van der Waals surface area contributed by atoms with E-state index in [0.717, 1.165) is 5.56 Å². The lowest BCUT2D eigenvalue weighted by molar-refractivity contribution is -0.156. The molecule has 0 aromatic heterocycles. The van der Waals surface area contributed by atoms with E-state index in [2.05, 4.69) is 5.32 Å². The molecule has 0 fully saturated rings. The molecule has 0 saturated carbocycles. The van der Waals surface area contributed by atoms with E-state index in [1.807, 2.05) is 19.1 Å². The summed E-state index contributed by atoms with van der Waals surface area (Å²) in [5, 5.41) is 21.9. The maximum Gasteiger partial charge on any atom is 0.336 e. The van der Waals surface area contributed by atoms with Crippen molar-refractivity contribution in [2.45, 2.75) is 25.5 Å². The molecule has 0 aliphatic carbocycles. The van der Waals surface area contributed by atoms with Crippen LogP contribution < -0.4 is 5.32 Å². The third kappa shape index (κ3) is 4.00. The highest BCUT2D eigenvalue weighted by Crippen LogP contribution is 2.17. The van der Waals surface area contributed by atoms with E-state index in [-0.39, 0.29) is 12.6 Å². The van der Waals surface area contributed by atoms with E-state index in [0.29, 0.717) is 5.02 Å². The first-order chi connectivity index (χ1) is 7.83. The van der Waals surface area contributed by atoms with Gasteiger partial charge in [-0.05, 0) is 31.5 Å². The van der Waals surface area contributed by atoms with E-state index in [9.17, 15) is 9.90 Å². The van der Waals surface area contributed by atoms with Gasteiger partial charge in [0.05, 0.1) is 0 Å². The van der Waals surface area contributed by atoms with Crippen LogP contribution in [0.15, 0.2) is 24.3 Å². The highest BCUT2D eigenvalue weighted by atomic mass is 35.5. The minimum atomic E-state index is -1.77. The highest BCUT2D eigenvalue weighted by Gasteiger charge is 2.29. The van der Waals surface area contributed by atoms with E-state index in [4.69, 9.17) is 16.7 Å². The molecule has 0 aliphatic rings. The molecule has 3 N–H and O–H groups in total. The Hall–Kier alpha value is -1.10. The number of halogens is 1. The van der Waals surface area contributed by atoms with Crippen LogP contribution >= 0.6 is 11.6 Å². The molecule has 5 heteroatoms. The van der Waals surface area contributed by atoms with Gasteiger partial charge in [-0.15, -0.1) is 0 Å². The normalized spacial score (nSPS) is 16.2. The number of aliphatic carboxylic acids is 1. The van der Waals surface area contributed by atoms with Crippen molar-refractivity contribution < 1.29 is 15.0 Å². The number of carboxylic acid groups (broad SMARTS) is 1. The third-order valence-electron chi connectivity index (χ3n) is 2.56. The van der Waals surface area contributed by atoms with E-state index < -0.39 is 11.6 Å². The molecule has 1 aromatic carbocycles. The molecule has 1 unspecified atom stereocenters. The monoisotopic (exact) mass is 257 g/mol. The maximum absolute atomic E-state index is 10.7. The fourth-order valence-electron chi connectivity index (χ4n) is 1.32. The molecule has 0 radical (unpaired) electrons. The number of hydrogen-bond acceptors (Lipinski definition) is 3. The van der Waals surface area contributed by atoms with Crippen molar-refractivity contribution in [1.82, 2.24) is 5.32 Å². The van der Waals surface area contributed by atoms with Gasteiger partial charge in [0.15, 0.2) is 5.60 Å². The van der Waals surface area contributed by atoms with Crippen molar-refractivity contribution in [1.29, 1.82) is 0 Å². The first kappa shape index (κ1) is 14.0. The molecular weight excluding hydrogens is 242 g/mol. The highest BCUT2D eigenvalue weighted by molar-refractivity contribution is 6.30. The van der Waals surface area contributed by atoms with E-state index in [1.165, 1.54) is 6.92 Å². The summed E-state index contributed by atoms with van der Waals surface area (Å²) in [6.45, 7) is 3.10. The lowest BCUT2D eigenvalue weighted by atomic mass is 10.1. The number of aliphatic hydroxyl groups is 1. The molecule has 0 heterocycles. The zero-order valence-corrected chi connectivity index (χ0v) is 10.5. The summed E-state index contributed by atoms with van der Waals surface area (Å²) >= 11 is 5.86. The van der Waals surface area contributed by atoms with Crippen LogP contribution in [0.25, 0.3) is 0 Å². The lowest BCUT2D eigenvalue weighted by Crippen LogP contribution is -2.45. The Kier molecular flexibility index (Phi) is 4.51. The van der Waals surface area contributed by atoms with Crippen LogP contribution in [0.4, 0.5) is 0 Å². The lowest BCUT2D eigenvalue weighted by Gasteiger charge is -2.22. The molecule has 0 aliphatic heterocycles. The van der Waals surface area contributed by atoms with Gasteiger partial charge in [0, 0.05) is 17.6 Å². The molecule has 1 rings (SSSR count). The molecule has 94 valence electrons. The second-order valence-corrected chi connectivity index (χ2v) is 4.67. The van der Waals surface area contributed by atoms with Crippen LogP contribution in [0.2, 0.25) is 5.02 Å². The minimum Gasteiger partial charge on any atom is -0.479 e. The zero-order valence-electron chi connectivity index (χ0n) is 9.77. The first-order valence-corrected chi connectivity index (χ1v) is 5.65. The van der Waals surface area contributed by atoms with Crippen molar-refractivity contribution in [3.63, 3.8) is 0 Å². The number of carbonyl (C=O) groups is 1. The molecule has 0 bridgehead atoms. The van der Waals surface area contributed by atoms with Gasteiger partial charge in [-0.2, -0.15) is 0 Å². The zero-order chi connectivity index (χ0) is 13.1. The summed E-state index contributed by atoms with van der Waals surface area (Å²) in [4.78, 5) is 10.7. The van der Waals surface area contributed by atoms with E-state index in [1.54, 1.807) is 12.1 Å². The van der Waals surface area contributed by atoms with Crippen LogP contribution in [-0.2, 0) is 4.79 Å². The Morgan fingerprint density at radius 1 is 1.59 bits per heavy atom. The molecule has 17 heavy (non-hydrogen) atoms. The molecule has 1 aromatic rings. The molecule has 0 saturated heterocycles. The Morgan fingerprint density at radius 2 is 2.24 bits per heavy atom. The maximum atomic E-state index is 10.7. The molecule has 4 nitrogen and oxygen atoms in total. The van der Waals surface area contributed by atoms with Crippen LogP contribution in [0, 0.1) is 0 Å². The van der Waals surface area contributed by atoms with Crippen LogP contribution in [0.3, 0.4) is 0 Å². The number of nitrogens with one attached hydrogen (secondary N) is 1. The van der Waals surface area contributed by atoms with E-state index >= 15 is 0 Å². The number of benzene rings is 1. The number of rotatable bonds is 5. The van der Waals surface area contributed by atoms with Gasteiger partial charge in [0.1, 0.15) is 0 Å². The number of hydrogen-bond donors (Lipinski definition) is 3. The fourth-order valence-corrected chi connectivity index (χ4v) is 1.52. The van der Waals surface area contributed by atoms with Crippen molar-refractivity contribution in [3.8, 4) is 0 Å². The molecule has 0 amide bonds. The second-order valence-electron chi connectivity index (χ2n) is 4.24. The summed E-state index contributed by atoms with van der Waals surface area (Å²) in [6.07, 6.45) is 0. The third-order valence-corrected chi connectivity index (χ3v) is 2.80. The SMILES string of the molecule is C[C@H](NCC(C)(O)C(=O)O)c1cccc(Cl)c1. The van der Waals surface area contributed by atoms with Crippen LogP contribution in [0.1, 0.15) is 25.5 Å². The smallest absolute Gasteiger partial charge is 0.336 e. The Balaban J connectivity index is 2.62. The van der Waals surface area contributed by atoms with Crippen LogP contribution in [-0.4, -0.2) is 28.3 Å². The summed E-state index contributed by atoms with van der Waals surface area (Å²) in [7, 11) is 0. The standard InChI is InChI=1S/C12H16ClNO3/c1-8(9-4-3-5-10(13)6-9)14-7-12(2,17)11(15)16/h3-6,8,14,17H,7H2,1-2H3,(H,15,16)/t8-,12?/m0/s1. The predicted octanol–water partition coefficient (Wildman–Crippen LogP) is 1.83. The van der Waals surface area contributed by atoms with Gasteiger partial charge in [-0.25, -0.2) is 4.79 Å². The summed E-state index contributed by atoms with van der Waals surface area (Å²) in [5.74, 6) is -1.25. The van der Waals surface area contributed by atoms with Gasteiger partial charge < -0.3 is 15.5 Å². The van der Waals surface area contributed by atoms with Gasteiger partial charge in [0.2, 0.25) is 0 Å². The van der Waals surface area contributed by atoms with Crippen LogP contribution in [0.5, 0.6) is 0 Å². The summed E-state index contributed by atoms with van der Waals surface area (Å²) in [6, 6.07) is 7.20. The predicted molar refractivity (Wildman–Crippen MR) is 66.1 cm³/mol. The van der Waals surface area contributed by atoms with Crippen molar-refractivity contribution >= 4 is 17.6 Å². The largest absolute Gasteiger partial charge is 0.479 e. The van der Waals surface area contributed by atoms with Gasteiger partial charge in [-0.1, -0.05) is 23.7 Å². The Labute approximate surface area is 105 Å². The molecular formula is C12H16ClNO3. The Bertz CT molecular complexity index is 406. The topological polar surface area (TPSA) is 69.6 Å². The van der Waals surface area contributed by atoms with Gasteiger partial charge in [0.25, 0.3) is 0 Å². The minimum absolute atomic E-state index is 0.0317. The molecule has 0 spiro atoms. The Morgan fingerprint density at radius 3 is 2.76 bits per heavy atom. The average molecular weight is 258 g/mol. The van der Waals surface area contributed by atoms with Gasteiger partial charge in [-0.3, -0.25) is 0 Å². The van der Waals surface area contributed by atoms with Crippen molar-refractivity contribution in [2.75, 3.05) is 6.54 Å².